The number of aromatic nitrogens is 1. The second-order valence-electron chi connectivity index (χ2n) is 4.35. The number of pyridine rings is 1. The molecule has 0 aliphatic rings. The van der Waals surface area contributed by atoms with E-state index in [-0.39, 0.29) is 11.4 Å². The molecule has 0 aromatic carbocycles. The van der Waals surface area contributed by atoms with Gasteiger partial charge in [-0.25, -0.2) is 4.98 Å². The zero-order valence-electron chi connectivity index (χ0n) is 9.59. The predicted octanol–water partition coefficient (Wildman–Crippen LogP) is 1.65. The van der Waals surface area contributed by atoms with Crippen LogP contribution in [0.25, 0.3) is 0 Å². The maximum atomic E-state index is 11.8. The molecule has 1 amide bonds. The summed E-state index contributed by atoms with van der Waals surface area (Å²) >= 11 is 0. The van der Waals surface area contributed by atoms with Crippen LogP contribution in [0.3, 0.4) is 0 Å². The van der Waals surface area contributed by atoms with Gasteiger partial charge < -0.3 is 10.6 Å². The second-order valence-corrected chi connectivity index (χ2v) is 4.35. The van der Waals surface area contributed by atoms with Gasteiger partial charge in [0.2, 0.25) is 0 Å². The molecule has 2 N–H and O–H groups in total. The average molecular weight is 207 g/mol. The molecule has 0 aliphatic heterocycles. The van der Waals surface area contributed by atoms with Gasteiger partial charge in [0.05, 0.1) is 5.56 Å². The lowest BCUT2D eigenvalue weighted by Crippen LogP contribution is -2.40. The van der Waals surface area contributed by atoms with Crippen molar-refractivity contribution >= 4 is 11.7 Å². The first kappa shape index (κ1) is 11.5. The summed E-state index contributed by atoms with van der Waals surface area (Å²) in [5.41, 5.74) is 0.327. The van der Waals surface area contributed by atoms with Gasteiger partial charge in [-0.05, 0) is 32.9 Å². The molecule has 0 saturated carbocycles. The molecule has 0 fully saturated rings. The lowest BCUT2D eigenvalue weighted by molar-refractivity contribution is 0.0920. The highest BCUT2D eigenvalue weighted by molar-refractivity contribution is 5.99. The number of rotatable bonds is 2. The van der Waals surface area contributed by atoms with Crippen molar-refractivity contribution in [3.8, 4) is 0 Å². The highest BCUT2D eigenvalue weighted by Crippen LogP contribution is 2.11. The Morgan fingerprint density at radius 2 is 2.07 bits per heavy atom. The molecule has 15 heavy (non-hydrogen) atoms. The summed E-state index contributed by atoms with van der Waals surface area (Å²) in [5, 5.41) is 5.78. The third kappa shape index (κ3) is 3.23. The quantitative estimate of drug-likeness (QED) is 0.775. The van der Waals surface area contributed by atoms with Crippen LogP contribution in [-0.4, -0.2) is 23.5 Å². The standard InChI is InChI=1S/C11H17N3O/c1-11(2,3)14-10(15)8-6-5-7-13-9(8)12-4/h5-7H,1-4H3,(H,12,13)(H,14,15). The van der Waals surface area contributed by atoms with E-state index in [1.807, 2.05) is 20.8 Å². The van der Waals surface area contributed by atoms with E-state index in [9.17, 15) is 4.79 Å². The number of nitrogens with one attached hydrogen (secondary N) is 2. The Morgan fingerprint density at radius 1 is 1.40 bits per heavy atom. The Labute approximate surface area is 90.1 Å². The Kier molecular flexibility index (Phi) is 3.29. The molecule has 4 heteroatoms. The highest BCUT2D eigenvalue weighted by atomic mass is 16.1. The summed E-state index contributed by atoms with van der Waals surface area (Å²) in [6.07, 6.45) is 1.65. The molecule has 0 radical (unpaired) electrons. The van der Waals surface area contributed by atoms with Crippen molar-refractivity contribution in [3.05, 3.63) is 23.9 Å². The number of hydrogen-bond acceptors (Lipinski definition) is 3. The fourth-order valence-corrected chi connectivity index (χ4v) is 1.20. The second kappa shape index (κ2) is 4.29. The van der Waals surface area contributed by atoms with E-state index < -0.39 is 0 Å². The minimum absolute atomic E-state index is 0.111. The topological polar surface area (TPSA) is 54.0 Å². The molecule has 4 nitrogen and oxygen atoms in total. The van der Waals surface area contributed by atoms with Crippen LogP contribution in [0.2, 0.25) is 0 Å². The van der Waals surface area contributed by atoms with Crippen LogP contribution in [0, 0.1) is 0 Å². The van der Waals surface area contributed by atoms with Crippen molar-refractivity contribution in [2.45, 2.75) is 26.3 Å². The molecule has 0 atom stereocenters. The predicted molar refractivity (Wildman–Crippen MR) is 61.0 cm³/mol. The van der Waals surface area contributed by atoms with Crippen molar-refractivity contribution in [3.63, 3.8) is 0 Å². The molecule has 0 spiro atoms. The molecule has 82 valence electrons. The Morgan fingerprint density at radius 3 is 2.60 bits per heavy atom. The van der Waals surface area contributed by atoms with Crippen LogP contribution in [0.1, 0.15) is 31.1 Å². The minimum atomic E-state index is -0.238. The van der Waals surface area contributed by atoms with Gasteiger partial charge in [-0.3, -0.25) is 4.79 Å². The maximum absolute atomic E-state index is 11.8. The van der Waals surface area contributed by atoms with E-state index in [0.717, 1.165) is 0 Å². The molecule has 1 heterocycles. The van der Waals surface area contributed by atoms with Crippen LogP contribution in [0.15, 0.2) is 18.3 Å². The van der Waals surface area contributed by atoms with Gasteiger partial charge in [0.25, 0.3) is 5.91 Å². The van der Waals surface area contributed by atoms with Gasteiger partial charge in [0.1, 0.15) is 5.82 Å². The van der Waals surface area contributed by atoms with E-state index in [0.29, 0.717) is 11.4 Å². The smallest absolute Gasteiger partial charge is 0.255 e. The lowest BCUT2D eigenvalue weighted by atomic mass is 10.1. The fourth-order valence-electron chi connectivity index (χ4n) is 1.20. The molecular weight excluding hydrogens is 190 g/mol. The largest absolute Gasteiger partial charge is 0.372 e. The Bertz CT molecular complexity index is 355. The minimum Gasteiger partial charge on any atom is -0.372 e. The van der Waals surface area contributed by atoms with E-state index in [1.54, 1.807) is 25.4 Å². The fraction of sp³-hybridized carbons (Fsp3) is 0.455. The van der Waals surface area contributed by atoms with Gasteiger partial charge >= 0.3 is 0 Å². The van der Waals surface area contributed by atoms with E-state index >= 15 is 0 Å². The van der Waals surface area contributed by atoms with Gasteiger partial charge in [-0.15, -0.1) is 0 Å². The van der Waals surface area contributed by atoms with Crippen molar-refractivity contribution in [2.24, 2.45) is 0 Å². The average Bonchev–Trinajstić information content (AvgIpc) is 2.15. The first-order valence-corrected chi connectivity index (χ1v) is 4.89. The van der Waals surface area contributed by atoms with Crippen molar-refractivity contribution in [2.75, 3.05) is 12.4 Å². The number of amides is 1. The molecule has 0 unspecified atom stereocenters. The van der Waals surface area contributed by atoms with Crippen LogP contribution in [0.4, 0.5) is 5.82 Å². The molecule has 0 bridgehead atoms. The van der Waals surface area contributed by atoms with E-state index in [4.69, 9.17) is 0 Å². The number of carbonyl (C=O) groups is 1. The molecule has 1 rings (SSSR count). The normalized spacial score (nSPS) is 10.9. The summed E-state index contributed by atoms with van der Waals surface area (Å²) in [6, 6.07) is 3.50. The van der Waals surface area contributed by atoms with Crippen molar-refractivity contribution in [1.82, 2.24) is 10.3 Å². The van der Waals surface area contributed by atoms with Crippen LogP contribution < -0.4 is 10.6 Å². The first-order valence-electron chi connectivity index (χ1n) is 4.89. The SMILES string of the molecule is CNc1ncccc1C(=O)NC(C)(C)C. The zero-order chi connectivity index (χ0) is 11.5. The number of carbonyl (C=O) groups excluding carboxylic acids is 1. The Hall–Kier alpha value is -1.58. The summed E-state index contributed by atoms with van der Waals surface area (Å²) in [4.78, 5) is 15.9. The highest BCUT2D eigenvalue weighted by Gasteiger charge is 2.17. The van der Waals surface area contributed by atoms with Crippen LogP contribution >= 0.6 is 0 Å². The van der Waals surface area contributed by atoms with Crippen LogP contribution in [0.5, 0.6) is 0 Å². The zero-order valence-corrected chi connectivity index (χ0v) is 9.59. The lowest BCUT2D eigenvalue weighted by Gasteiger charge is -2.21. The van der Waals surface area contributed by atoms with Crippen molar-refractivity contribution < 1.29 is 4.79 Å². The van der Waals surface area contributed by atoms with Gasteiger partial charge in [-0.2, -0.15) is 0 Å². The summed E-state index contributed by atoms with van der Waals surface area (Å²) in [7, 11) is 1.75. The van der Waals surface area contributed by atoms with Crippen LogP contribution in [-0.2, 0) is 0 Å². The summed E-state index contributed by atoms with van der Waals surface area (Å²) < 4.78 is 0. The molecule has 1 aromatic heterocycles. The van der Waals surface area contributed by atoms with Gasteiger partial charge in [0.15, 0.2) is 0 Å². The van der Waals surface area contributed by atoms with Gasteiger partial charge in [0, 0.05) is 18.8 Å². The molecule has 0 aliphatic carbocycles. The first-order chi connectivity index (χ1) is 6.94. The van der Waals surface area contributed by atoms with Gasteiger partial charge in [-0.1, -0.05) is 0 Å². The number of anilines is 1. The molecular formula is C11H17N3O. The van der Waals surface area contributed by atoms with E-state index in [2.05, 4.69) is 15.6 Å². The number of nitrogens with zero attached hydrogens (tertiary/aromatic N) is 1. The Balaban J connectivity index is 2.91. The third-order valence-electron chi connectivity index (χ3n) is 1.78. The maximum Gasteiger partial charge on any atom is 0.255 e. The number of hydrogen-bond donors (Lipinski definition) is 2. The molecule has 0 saturated heterocycles. The summed E-state index contributed by atoms with van der Waals surface area (Å²) in [5.74, 6) is 0.485. The van der Waals surface area contributed by atoms with Crippen molar-refractivity contribution in [1.29, 1.82) is 0 Å². The monoisotopic (exact) mass is 207 g/mol. The summed E-state index contributed by atoms with van der Waals surface area (Å²) in [6.45, 7) is 5.83. The van der Waals surface area contributed by atoms with E-state index in [1.165, 1.54) is 0 Å². The third-order valence-corrected chi connectivity index (χ3v) is 1.78. The molecule has 1 aromatic rings.